The lowest BCUT2D eigenvalue weighted by Gasteiger charge is -2.33. The average Bonchev–Trinajstić information content (AvgIpc) is 3.44. The number of phenolic OH excluding ortho intramolecular Hbond substituents is 1. The fraction of sp³-hybridized carbons (Fsp3) is 0.419. The molecule has 0 radical (unpaired) electrons. The molecule has 0 aromatic heterocycles. The summed E-state index contributed by atoms with van der Waals surface area (Å²) in [6.45, 7) is 6.81. The number of imide groups is 1. The maximum Gasteiger partial charge on any atom is 0.488 e. The first-order valence-corrected chi connectivity index (χ1v) is 13.9. The summed E-state index contributed by atoms with van der Waals surface area (Å²) in [4.78, 5) is 28.6. The predicted octanol–water partition coefficient (Wildman–Crippen LogP) is 3.82. The number of allylic oxidation sites excluding steroid dienone is 2. The van der Waals surface area contributed by atoms with Crippen LogP contribution in [-0.2, 0) is 14.3 Å². The molecule has 0 saturated carbocycles. The second-order valence-electron chi connectivity index (χ2n) is 11.2. The molecule has 3 N–H and O–H groups in total. The Labute approximate surface area is 229 Å². The van der Waals surface area contributed by atoms with Gasteiger partial charge in [-0.15, -0.1) is 0 Å². The van der Waals surface area contributed by atoms with Crippen LogP contribution >= 0.6 is 0 Å². The predicted molar refractivity (Wildman–Crippen MR) is 151 cm³/mol. The van der Waals surface area contributed by atoms with Crippen LogP contribution in [0, 0.1) is 23.7 Å². The summed E-state index contributed by atoms with van der Waals surface area (Å²) in [7, 11) is -1.68. The van der Waals surface area contributed by atoms with Crippen LogP contribution < -0.4 is 10.4 Å². The molecule has 2 fully saturated rings. The van der Waals surface area contributed by atoms with E-state index in [1.165, 1.54) is 27.7 Å². The van der Waals surface area contributed by atoms with Gasteiger partial charge in [-0.05, 0) is 72.5 Å². The Balaban J connectivity index is 1.40. The Bertz CT molecular complexity index is 1330. The fourth-order valence-corrected chi connectivity index (χ4v) is 6.56. The molecular formula is C31H36BNO6. The van der Waals surface area contributed by atoms with Gasteiger partial charge in [0.2, 0.25) is 11.8 Å². The third-order valence-corrected chi connectivity index (χ3v) is 8.49. The highest BCUT2D eigenvalue weighted by Crippen LogP contribution is 2.51. The average molecular weight is 529 g/mol. The number of benzene rings is 2. The van der Waals surface area contributed by atoms with Crippen molar-refractivity contribution in [3.05, 3.63) is 70.8 Å². The molecule has 0 spiro atoms. The highest BCUT2D eigenvalue weighted by molar-refractivity contribution is 6.58. The molecule has 7 nitrogen and oxygen atoms in total. The van der Waals surface area contributed by atoms with Crippen LogP contribution in [0.3, 0.4) is 0 Å². The molecule has 0 unspecified atom stereocenters. The van der Waals surface area contributed by atoms with Crippen molar-refractivity contribution >= 4 is 36.2 Å². The van der Waals surface area contributed by atoms with E-state index in [1.807, 2.05) is 12.1 Å². The molecule has 0 bridgehead atoms. The summed E-state index contributed by atoms with van der Waals surface area (Å²) in [5, 5.41) is 29.0. The van der Waals surface area contributed by atoms with Crippen LogP contribution in [0.4, 0.5) is 5.69 Å². The number of ether oxygens (including phenoxy) is 1. The number of hydrogen-bond donors (Lipinski definition) is 3. The van der Waals surface area contributed by atoms with Gasteiger partial charge in [0.1, 0.15) is 5.75 Å². The lowest BCUT2D eigenvalue weighted by molar-refractivity contribution is -0.122. The third kappa shape index (κ3) is 5.21. The van der Waals surface area contributed by atoms with Gasteiger partial charge in [0.25, 0.3) is 0 Å². The third-order valence-electron chi connectivity index (χ3n) is 8.49. The second kappa shape index (κ2) is 11.1. The van der Waals surface area contributed by atoms with Gasteiger partial charge in [0, 0.05) is 5.92 Å². The fourth-order valence-electron chi connectivity index (χ4n) is 6.56. The zero-order chi connectivity index (χ0) is 27.8. The number of anilines is 1. The maximum absolute atomic E-state index is 13.8. The number of amides is 2. The van der Waals surface area contributed by atoms with Crippen LogP contribution in [0.5, 0.6) is 5.75 Å². The first-order valence-electron chi connectivity index (χ1n) is 13.9. The van der Waals surface area contributed by atoms with E-state index in [-0.39, 0.29) is 41.0 Å². The number of nitrogens with zero attached hydrogens (tertiary/aromatic N) is 1. The van der Waals surface area contributed by atoms with Gasteiger partial charge < -0.3 is 19.9 Å². The number of carbonyl (C=O) groups is 2. The normalized spacial score (nSPS) is 25.0. The van der Waals surface area contributed by atoms with Crippen molar-refractivity contribution in [3.63, 3.8) is 0 Å². The molecule has 2 aromatic rings. The molecule has 3 aliphatic rings. The second-order valence-corrected chi connectivity index (χ2v) is 11.2. The number of hydrogen-bond acceptors (Lipinski definition) is 6. The van der Waals surface area contributed by atoms with E-state index in [9.17, 15) is 24.7 Å². The summed E-state index contributed by atoms with van der Waals surface area (Å²) >= 11 is 0. The molecule has 2 aliphatic heterocycles. The Morgan fingerprint density at radius 3 is 2.56 bits per heavy atom. The Morgan fingerprint density at radius 1 is 1.10 bits per heavy atom. The van der Waals surface area contributed by atoms with Crippen molar-refractivity contribution in [2.45, 2.75) is 52.6 Å². The van der Waals surface area contributed by atoms with E-state index in [4.69, 9.17) is 4.74 Å². The number of carbonyl (C=O) groups excluding carboxylic acids is 2. The number of aromatic hydroxyl groups is 1. The van der Waals surface area contributed by atoms with Crippen LogP contribution in [0.1, 0.15) is 52.0 Å². The van der Waals surface area contributed by atoms with Gasteiger partial charge in [-0.1, -0.05) is 62.3 Å². The molecule has 2 aromatic carbocycles. The number of fused-ring (bicyclic) bond motifs is 3. The van der Waals surface area contributed by atoms with E-state index < -0.39 is 19.0 Å². The Kier molecular flexibility index (Phi) is 7.81. The molecule has 8 heteroatoms. The smallest absolute Gasteiger partial charge is 0.488 e. The summed E-state index contributed by atoms with van der Waals surface area (Å²) in [5.74, 6) is -1.04. The van der Waals surface area contributed by atoms with Crippen molar-refractivity contribution in [2.75, 3.05) is 11.5 Å². The van der Waals surface area contributed by atoms with Gasteiger partial charge in [-0.2, -0.15) is 0 Å². The lowest BCUT2D eigenvalue weighted by atomic mass is 9.67. The number of rotatable bonds is 8. The minimum Gasteiger partial charge on any atom is -0.508 e. The van der Waals surface area contributed by atoms with E-state index in [0.717, 1.165) is 24.8 Å². The first kappa shape index (κ1) is 27.4. The molecule has 5 rings (SSSR count). The van der Waals surface area contributed by atoms with Crippen LogP contribution in [0.25, 0.3) is 6.08 Å². The van der Waals surface area contributed by atoms with Gasteiger partial charge in [0.15, 0.2) is 0 Å². The lowest BCUT2D eigenvalue weighted by Crippen LogP contribution is -2.36. The van der Waals surface area contributed by atoms with Gasteiger partial charge in [0.05, 0.1) is 30.2 Å². The first-order chi connectivity index (χ1) is 18.7. The molecule has 204 valence electrons. The van der Waals surface area contributed by atoms with Crippen molar-refractivity contribution in [1.82, 2.24) is 0 Å². The Morgan fingerprint density at radius 2 is 1.87 bits per heavy atom. The maximum atomic E-state index is 13.8. The minimum absolute atomic E-state index is 0.0997. The monoisotopic (exact) mass is 529 g/mol. The molecule has 4 atom stereocenters. The van der Waals surface area contributed by atoms with Crippen molar-refractivity contribution in [2.24, 2.45) is 23.7 Å². The van der Waals surface area contributed by atoms with Crippen LogP contribution in [-0.4, -0.2) is 46.8 Å². The van der Waals surface area contributed by atoms with Crippen LogP contribution in [0.15, 0.2) is 65.3 Å². The van der Waals surface area contributed by atoms with E-state index in [1.54, 1.807) is 30.3 Å². The summed E-state index contributed by atoms with van der Waals surface area (Å²) in [5.41, 5.74) is 5.25. The highest BCUT2D eigenvalue weighted by Gasteiger charge is 2.57. The van der Waals surface area contributed by atoms with Gasteiger partial charge in [-0.3, -0.25) is 14.5 Å². The zero-order valence-corrected chi connectivity index (χ0v) is 22.7. The summed E-state index contributed by atoms with van der Waals surface area (Å²) < 4.78 is 6.35. The standard InChI is InChI=1S/C31H36BNO6/c1-4-19(13-20-7-5-10-23(34)14-20)11-12-27-28-24(18(2)3)16-25-29(26(28)17-39-27)31(36)33(30(25)35)22-9-6-8-21(15-22)32(37)38/h5-10,13-15,18,25-27,29,34,37-38H,4,11-12,16-17H2,1-3H3/b19-13+/t25-,26+,27-,29-/m1/s1. The van der Waals surface area contributed by atoms with E-state index in [0.29, 0.717) is 18.7 Å². The minimum atomic E-state index is -1.68. The molecule has 2 heterocycles. The zero-order valence-electron chi connectivity index (χ0n) is 22.7. The van der Waals surface area contributed by atoms with Crippen molar-refractivity contribution in [1.29, 1.82) is 0 Å². The molecule has 39 heavy (non-hydrogen) atoms. The summed E-state index contributed by atoms with van der Waals surface area (Å²) in [6.07, 6.45) is 5.07. The van der Waals surface area contributed by atoms with Crippen molar-refractivity contribution in [3.8, 4) is 5.75 Å². The van der Waals surface area contributed by atoms with E-state index in [2.05, 4.69) is 26.8 Å². The molecule has 1 aliphatic carbocycles. The highest BCUT2D eigenvalue weighted by atomic mass is 16.5. The largest absolute Gasteiger partial charge is 0.508 e. The quantitative estimate of drug-likeness (QED) is 0.273. The molecular weight excluding hydrogens is 493 g/mol. The molecule has 2 saturated heterocycles. The summed E-state index contributed by atoms with van der Waals surface area (Å²) in [6, 6.07) is 13.6. The SMILES string of the molecule is CC/C(=C\c1cccc(O)c1)CC[C@H]1OC[C@H]2C1=C(C(C)C)C[C@H]1C(=O)N(c3cccc(B(O)O)c3)C(=O)[C@H]12. The van der Waals surface area contributed by atoms with Gasteiger partial charge in [-0.25, -0.2) is 0 Å². The molecule has 2 amide bonds. The number of phenols is 1. The van der Waals surface area contributed by atoms with Crippen LogP contribution in [0.2, 0.25) is 0 Å². The topological polar surface area (TPSA) is 107 Å². The Hall–Kier alpha value is -3.20. The van der Waals surface area contributed by atoms with Gasteiger partial charge >= 0.3 is 7.12 Å². The van der Waals surface area contributed by atoms with E-state index >= 15 is 0 Å². The van der Waals surface area contributed by atoms with Crippen molar-refractivity contribution < 1.29 is 29.5 Å².